The van der Waals surface area contributed by atoms with Crippen molar-refractivity contribution in [3.8, 4) is 5.69 Å². The molecule has 0 aliphatic rings. The van der Waals surface area contributed by atoms with Gasteiger partial charge in [0.1, 0.15) is 6.33 Å². The van der Waals surface area contributed by atoms with E-state index in [1.807, 2.05) is 47.3 Å². The minimum atomic E-state index is -0.606. The van der Waals surface area contributed by atoms with Crippen LogP contribution in [0.25, 0.3) is 5.69 Å². The first kappa shape index (κ1) is 20.4. The highest BCUT2D eigenvalue weighted by Crippen LogP contribution is 2.09. The molecule has 0 unspecified atom stereocenters. The van der Waals surface area contributed by atoms with Crippen molar-refractivity contribution in [1.82, 2.24) is 24.8 Å². The van der Waals surface area contributed by atoms with Crippen molar-refractivity contribution in [3.63, 3.8) is 0 Å². The van der Waals surface area contributed by atoms with Crippen LogP contribution in [0.5, 0.6) is 0 Å². The molecule has 0 saturated carbocycles. The third-order valence-corrected chi connectivity index (χ3v) is 5.19. The normalized spacial score (nSPS) is 11.5. The van der Waals surface area contributed by atoms with Gasteiger partial charge in [-0.1, -0.05) is 29.8 Å². The second kappa shape index (κ2) is 9.26. The van der Waals surface area contributed by atoms with Crippen LogP contribution >= 0.6 is 11.3 Å². The third kappa shape index (κ3) is 5.17. The Balaban J connectivity index is 1.37. The van der Waals surface area contributed by atoms with Crippen LogP contribution in [0.15, 0.2) is 71.4 Å². The molecular formula is C21H18N6O3S. The maximum Gasteiger partial charge on any atom is 0.338 e. The van der Waals surface area contributed by atoms with Gasteiger partial charge < -0.3 is 9.30 Å². The van der Waals surface area contributed by atoms with E-state index < -0.39 is 18.5 Å². The van der Waals surface area contributed by atoms with Gasteiger partial charge in [0.2, 0.25) is 0 Å². The maximum absolute atomic E-state index is 12.2. The lowest BCUT2D eigenvalue weighted by Gasteiger charge is -2.05. The Kier molecular flexibility index (Phi) is 6.08. The molecule has 10 heteroatoms. The van der Waals surface area contributed by atoms with E-state index in [9.17, 15) is 9.59 Å². The van der Waals surface area contributed by atoms with Crippen LogP contribution < -0.4 is 4.80 Å². The molecule has 2 aromatic heterocycles. The summed E-state index contributed by atoms with van der Waals surface area (Å²) in [6, 6.07) is 14.7. The smallest absolute Gasteiger partial charge is 0.338 e. The van der Waals surface area contributed by atoms with Crippen LogP contribution in [0.1, 0.15) is 21.5 Å². The number of amides is 1. The molecule has 0 bridgehead atoms. The van der Waals surface area contributed by atoms with Gasteiger partial charge in [0.15, 0.2) is 11.4 Å². The second-order valence-corrected chi connectivity index (χ2v) is 7.56. The van der Waals surface area contributed by atoms with Gasteiger partial charge >= 0.3 is 5.97 Å². The van der Waals surface area contributed by atoms with E-state index >= 15 is 0 Å². The van der Waals surface area contributed by atoms with Gasteiger partial charge in [-0.2, -0.15) is 4.99 Å². The van der Waals surface area contributed by atoms with E-state index in [2.05, 4.69) is 20.5 Å². The molecule has 2 heterocycles. The summed E-state index contributed by atoms with van der Waals surface area (Å²) < 4.78 is 8.45. The first-order valence-corrected chi connectivity index (χ1v) is 10.2. The summed E-state index contributed by atoms with van der Waals surface area (Å²) in [6.45, 7) is 2.20. The van der Waals surface area contributed by atoms with Gasteiger partial charge in [-0.3, -0.25) is 4.79 Å². The van der Waals surface area contributed by atoms with Gasteiger partial charge in [-0.05, 0) is 47.2 Å². The number of carbonyl (C=O) groups excluding carboxylic acids is 2. The molecule has 0 radical (unpaired) electrons. The van der Waals surface area contributed by atoms with Crippen molar-refractivity contribution in [2.24, 2.45) is 4.99 Å². The number of nitrogens with zero attached hydrogens (tertiary/aromatic N) is 6. The topological polar surface area (TPSA) is 104 Å². The molecule has 0 saturated heterocycles. The number of thiazole rings is 1. The summed E-state index contributed by atoms with van der Waals surface area (Å²) >= 11 is 1.35. The minimum absolute atomic E-state index is 0.315. The standard InChI is InChI=1S/C21H18N6O3S/c1-15-2-4-16(5-3-15)12-26-10-11-31-21(26)23-19(28)13-30-20(29)17-6-8-18(9-7-17)27-14-22-24-25-27/h2-11,14H,12-13H2,1H3. The predicted octanol–water partition coefficient (Wildman–Crippen LogP) is 2.17. The van der Waals surface area contributed by atoms with E-state index in [4.69, 9.17) is 4.74 Å². The van der Waals surface area contributed by atoms with Crippen molar-refractivity contribution < 1.29 is 14.3 Å². The Morgan fingerprint density at radius 1 is 1.10 bits per heavy atom. The van der Waals surface area contributed by atoms with Gasteiger partial charge in [-0.25, -0.2) is 9.48 Å². The molecule has 31 heavy (non-hydrogen) atoms. The lowest BCUT2D eigenvalue weighted by atomic mass is 10.1. The Morgan fingerprint density at radius 2 is 1.87 bits per heavy atom. The van der Waals surface area contributed by atoms with Gasteiger partial charge in [0.05, 0.1) is 11.3 Å². The number of esters is 1. The molecule has 4 aromatic rings. The number of tetrazole rings is 1. The van der Waals surface area contributed by atoms with Crippen LogP contribution in [-0.4, -0.2) is 43.3 Å². The highest BCUT2D eigenvalue weighted by atomic mass is 32.1. The van der Waals surface area contributed by atoms with Crippen LogP contribution in [0, 0.1) is 6.92 Å². The molecule has 4 rings (SSSR count). The molecule has 0 N–H and O–H groups in total. The van der Waals surface area contributed by atoms with Gasteiger partial charge in [0, 0.05) is 18.1 Å². The Hall–Kier alpha value is -3.92. The van der Waals surface area contributed by atoms with E-state index in [-0.39, 0.29) is 0 Å². The summed E-state index contributed by atoms with van der Waals surface area (Å²) in [6.07, 6.45) is 3.32. The molecule has 156 valence electrons. The number of aromatic nitrogens is 5. The Bertz CT molecular complexity index is 1240. The first-order valence-electron chi connectivity index (χ1n) is 9.36. The van der Waals surface area contributed by atoms with Crippen molar-refractivity contribution in [3.05, 3.63) is 87.9 Å². The quantitative estimate of drug-likeness (QED) is 0.431. The van der Waals surface area contributed by atoms with Crippen LogP contribution in [-0.2, 0) is 16.1 Å². The summed E-state index contributed by atoms with van der Waals surface area (Å²) in [5.41, 5.74) is 3.30. The fraction of sp³-hybridized carbons (Fsp3) is 0.143. The van der Waals surface area contributed by atoms with Crippen LogP contribution in [0.2, 0.25) is 0 Å². The van der Waals surface area contributed by atoms with Crippen molar-refractivity contribution in [2.45, 2.75) is 13.5 Å². The zero-order valence-corrected chi connectivity index (χ0v) is 17.4. The van der Waals surface area contributed by atoms with E-state index in [1.54, 1.807) is 24.3 Å². The number of carbonyl (C=O) groups is 2. The molecular weight excluding hydrogens is 416 g/mol. The highest BCUT2D eigenvalue weighted by Gasteiger charge is 2.11. The SMILES string of the molecule is Cc1ccc(Cn2ccsc2=NC(=O)COC(=O)c2ccc(-n3cnnn3)cc2)cc1. The fourth-order valence-electron chi connectivity index (χ4n) is 2.78. The minimum Gasteiger partial charge on any atom is -0.452 e. The average molecular weight is 434 g/mol. The second-order valence-electron chi connectivity index (χ2n) is 6.68. The zero-order valence-electron chi connectivity index (χ0n) is 16.6. The molecule has 0 atom stereocenters. The summed E-state index contributed by atoms with van der Waals surface area (Å²) in [7, 11) is 0. The largest absolute Gasteiger partial charge is 0.452 e. The van der Waals surface area contributed by atoms with E-state index in [0.29, 0.717) is 22.6 Å². The number of ether oxygens (including phenoxy) is 1. The molecule has 2 aromatic carbocycles. The number of rotatable bonds is 6. The van der Waals surface area contributed by atoms with Crippen molar-refractivity contribution >= 4 is 23.2 Å². The number of hydrogen-bond acceptors (Lipinski definition) is 7. The molecule has 0 aliphatic carbocycles. The molecule has 0 spiro atoms. The van der Waals surface area contributed by atoms with Gasteiger partial charge in [0.25, 0.3) is 5.91 Å². The van der Waals surface area contributed by atoms with Crippen LogP contribution in [0.3, 0.4) is 0 Å². The van der Waals surface area contributed by atoms with Crippen LogP contribution in [0.4, 0.5) is 0 Å². The van der Waals surface area contributed by atoms with Gasteiger partial charge in [-0.15, -0.1) is 16.4 Å². The lowest BCUT2D eigenvalue weighted by molar-refractivity contribution is -0.121. The van der Waals surface area contributed by atoms with E-state index in [1.165, 1.54) is 27.9 Å². The molecule has 0 aliphatic heterocycles. The zero-order chi connectivity index (χ0) is 21.6. The van der Waals surface area contributed by atoms with Crippen molar-refractivity contribution in [2.75, 3.05) is 6.61 Å². The molecule has 9 nitrogen and oxygen atoms in total. The van der Waals surface area contributed by atoms with E-state index in [0.717, 1.165) is 5.56 Å². The number of hydrogen-bond donors (Lipinski definition) is 0. The summed E-state index contributed by atoms with van der Waals surface area (Å²) in [5.74, 6) is -1.13. The Morgan fingerprint density at radius 3 is 2.58 bits per heavy atom. The summed E-state index contributed by atoms with van der Waals surface area (Å²) in [5, 5.41) is 12.8. The third-order valence-electron chi connectivity index (χ3n) is 4.40. The molecule has 1 amide bonds. The number of aryl methyl sites for hydroxylation is 1. The lowest BCUT2D eigenvalue weighted by Crippen LogP contribution is -2.20. The fourth-order valence-corrected chi connectivity index (χ4v) is 3.52. The summed E-state index contributed by atoms with van der Waals surface area (Å²) in [4.78, 5) is 29.1. The predicted molar refractivity (Wildman–Crippen MR) is 113 cm³/mol. The number of benzene rings is 2. The van der Waals surface area contributed by atoms with Crippen molar-refractivity contribution in [1.29, 1.82) is 0 Å². The maximum atomic E-state index is 12.2. The molecule has 0 fully saturated rings. The monoisotopic (exact) mass is 434 g/mol. The highest BCUT2D eigenvalue weighted by molar-refractivity contribution is 7.07. The first-order chi connectivity index (χ1) is 15.1. The Labute approximate surface area is 181 Å². The average Bonchev–Trinajstić information content (AvgIpc) is 3.47.